The number of fused-ring (bicyclic) bond motifs is 1. The van der Waals surface area contributed by atoms with Gasteiger partial charge in [-0.05, 0) is 12.1 Å². The number of amides is 1. The molecule has 0 spiro atoms. The lowest BCUT2D eigenvalue weighted by atomic mass is 10.3. The van der Waals surface area contributed by atoms with Crippen molar-refractivity contribution in [3.8, 4) is 0 Å². The molecule has 21 heavy (non-hydrogen) atoms. The maximum absolute atomic E-state index is 12.2. The molecule has 112 valence electrons. The summed E-state index contributed by atoms with van der Waals surface area (Å²) >= 11 is 6.21. The van der Waals surface area contributed by atoms with Gasteiger partial charge in [-0.2, -0.15) is 5.10 Å². The van der Waals surface area contributed by atoms with Gasteiger partial charge in [0.15, 0.2) is 5.69 Å². The van der Waals surface area contributed by atoms with E-state index in [1.54, 1.807) is 10.7 Å². The third kappa shape index (κ3) is 3.18. The predicted octanol–water partition coefficient (Wildman–Crippen LogP) is 1.05. The zero-order valence-electron chi connectivity index (χ0n) is 11.6. The van der Waals surface area contributed by atoms with Gasteiger partial charge in [0.1, 0.15) is 0 Å². The summed E-state index contributed by atoms with van der Waals surface area (Å²) in [6, 6.07) is 5.54. The molecule has 7 heteroatoms. The second-order valence-corrected chi connectivity index (χ2v) is 5.28. The van der Waals surface area contributed by atoms with Crippen LogP contribution in [0.1, 0.15) is 10.5 Å². The molecule has 1 aliphatic heterocycles. The summed E-state index contributed by atoms with van der Waals surface area (Å²) < 4.78 is 6.90. The van der Waals surface area contributed by atoms with Crippen LogP contribution >= 0.6 is 11.6 Å². The second kappa shape index (κ2) is 6.43. The molecule has 0 bridgehead atoms. The van der Waals surface area contributed by atoms with Crippen molar-refractivity contribution in [2.75, 3.05) is 39.4 Å². The highest BCUT2D eigenvalue weighted by Gasteiger charge is 2.17. The minimum absolute atomic E-state index is 0.239. The van der Waals surface area contributed by atoms with Crippen LogP contribution in [0.2, 0.25) is 5.02 Å². The number of morpholine rings is 1. The minimum atomic E-state index is -0.239. The molecular formula is C14H17ClN4O2. The maximum atomic E-state index is 12.2. The number of halogens is 1. The Hall–Kier alpha value is -1.63. The summed E-state index contributed by atoms with van der Waals surface area (Å²) in [6.45, 7) is 4.71. The zero-order chi connectivity index (χ0) is 14.7. The molecular weight excluding hydrogens is 292 g/mol. The van der Waals surface area contributed by atoms with E-state index >= 15 is 0 Å². The number of aromatic nitrogens is 2. The molecule has 0 aromatic carbocycles. The SMILES string of the molecule is O=C(NCCN1CCOCC1)c1nn2ccccc2c1Cl. The van der Waals surface area contributed by atoms with E-state index in [-0.39, 0.29) is 11.6 Å². The number of carbonyl (C=O) groups excluding carboxylic acids is 1. The average molecular weight is 309 g/mol. The summed E-state index contributed by atoms with van der Waals surface area (Å²) in [4.78, 5) is 14.4. The van der Waals surface area contributed by atoms with Crippen LogP contribution in [0.4, 0.5) is 0 Å². The monoisotopic (exact) mass is 308 g/mol. The Morgan fingerprint density at radius 1 is 1.38 bits per heavy atom. The fourth-order valence-corrected chi connectivity index (χ4v) is 2.62. The van der Waals surface area contributed by atoms with Crippen molar-refractivity contribution in [3.05, 3.63) is 35.1 Å². The Bertz CT molecular complexity index is 637. The van der Waals surface area contributed by atoms with Gasteiger partial charge in [-0.3, -0.25) is 9.69 Å². The molecule has 1 saturated heterocycles. The molecule has 0 unspecified atom stereocenters. The fraction of sp³-hybridized carbons (Fsp3) is 0.429. The molecule has 1 N–H and O–H groups in total. The van der Waals surface area contributed by atoms with Crippen molar-refractivity contribution in [2.45, 2.75) is 0 Å². The first-order chi connectivity index (χ1) is 10.3. The number of nitrogens with one attached hydrogen (secondary N) is 1. The van der Waals surface area contributed by atoms with Gasteiger partial charge in [0.2, 0.25) is 0 Å². The van der Waals surface area contributed by atoms with E-state index in [1.165, 1.54) is 0 Å². The van der Waals surface area contributed by atoms with E-state index in [2.05, 4.69) is 15.3 Å². The van der Waals surface area contributed by atoms with Crippen LogP contribution in [0.5, 0.6) is 0 Å². The Labute approximate surface area is 127 Å². The van der Waals surface area contributed by atoms with Gasteiger partial charge >= 0.3 is 0 Å². The third-order valence-corrected chi connectivity index (χ3v) is 3.88. The Morgan fingerprint density at radius 3 is 2.95 bits per heavy atom. The van der Waals surface area contributed by atoms with E-state index in [1.807, 2.05) is 18.2 Å². The van der Waals surface area contributed by atoms with Crippen molar-refractivity contribution in [1.82, 2.24) is 19.8 Å². The van der Waals surface area contributed by atoms with Crippen molar-refractivity contribution in [1.29, 1.82) is 0 Å². The molecule has 0 aliphatic carbocycles. The fourth-order valence-electron chi connectivity index (χ4n) is 2.35. The number of hydrogen-bond acceptors (Lipinski definition) is 4. The van der Waals surface area contributed by atoms with Crippen LogP contribution in [0.3, 0.4) is 0 Å². The Morgan fingerprint density at radius 2 is 2.19 bits per heavy atom. The normalized spacial score (nSPS) is 16.2. The van der Waals surface area contributed by atoms with Gasteiger partial charge in [-0.1, -0.05) is 17.7 Å². The lowest BCUT2D eigenvalue weighted by Crippen LogP contribution is -2.41. The van der Waals surface area contributed by atoms with Gasteiger partial charge in [0, 0.05) is 32.4 Å². The van der Waals surface area contributed by atoms with Crippen LogP contribution in [-0.4, -0.2) is 59.8 Å². The number of hydrogen-bond donors (Lipinski definition) is 1. The molecule has 3 rings (SSSR count). The van der Waals surface area contributed by atoms with Crippen molar-refractivity contribution >= 4 is 23.0 Å². The van der Waals surface area contributed by atoms with Crippen LogP contribution in [0.25, 0.3) is 5.52 Å². The molecule has 2 aromatic rings. The number of rotatable bonds is 4. The van der Waals surface area contributed by atoms with Crippen molar-refractivity contribution in [2.24, 2.45) is 0 Å². The van der Waals surface area contributed by atoms with E-state index in [9.17, 15) is 4.79 Å². The van der Waals surface area contributed by atoms with Crippen molar-refractivity contribution < 1.29 is 9.53 Å². The van der Waals surface area contributed by atoms with Crippen LogP contribution in [0.15, 0.2) is 24.4 Å². The highest BCUT2D eigenvalue weighted by atomic mass is 35.5. The summed E-state index contributed by atoms with van der Waals surface area (Å²) in [5.41, 5.74) is 1.00. The van der Waals surface area contributed by atoms with Gasteiger partial charge in [0.05, 0.1) is 23.8 Å². The number of ether oxygens (including phenoxy) is 1. The number of carbonyl (C=O) groups is 1. The molecule has 0 radical (unpaired) electrons. The number of nitrogens with zero attached hydrogens (tertiary/aromatic N) is 3. The quantitative estimate of drug-likeness (QED) is 0.917. The lowest BCUT2D eigenvalue weighted by Gasteiger charge is -2.26. The largest absolute Gasteiger partial charge is 0.379 e. The Kier molecular flexibility index (Phi) is 4.38. The van der Waals surface area contributed by atoms with E-state index < -0.39 is 0 Å². The Balaban J connectivity index is 1.60. The topological polar surface area (TPSA) is 58.9 Å². The summed E-state index contributed by atoms with van der Waals surface area (Å²) in [7, 11) is 0. The highest BCUT2D eigenvalue weighted by molar-refractivity contribution is 6.36. The molecule has 2 aromatic heterocycles. The van der Waals surface area contributed by atoms with Gasteiger partial charge in [0.25, 0.3) is 5.91 Å². The molecule has 1 amide bonds. The zero-order valence-corrected chi connectivity index (χ0v) is 12.3. The van der Waals surface area contributed by atoms with Gasteiger partial charge in [-0.15, -0.1) is 0 Å². The molecule has 3 heterocycles. The molecule has 0 saturated carbocycles. The summed E-state index contributed by atoms with van der Waals surface area (Å²) in [5, 5.41) is 7.47. The average Bonchev–Trinajstić information content (AvgIpc) is 2.86. The lowest BCUT2D eigenvalue weighted by molar-refractivity contribution is 0.0383. The second-order valence-electron chi connectivity index (χ2n) is 4.90. The first-order valence-corrected chi connectivity index (χ1v) is 7.34. The van der Waals surface area contributed by atoms with Crippen LogP contribution in [-0.2, 0) is 4.74 Å². The molecule has 0 atom stereocenters. The van der Waals surface area contributed by atoms with Crippen molar-refractivity contribution in [3.63, 3.8) is 0 Å². The highest BCUT2D eigenvalue weighted by Crippen LogP contribution is 2.21. The van der Waals surface area contributed by atoms with Gasteiger partial charge in [-0.25, -0.2) is 4.52 Å². The smallest absolute Gasteiger partial charge is 0.273 e. The summed E-state index contributed by atoms with van der Waals surface area (Å²) in [6.07, 6.45) is 1.77. The first kappa shape index (κ1) is 14.3. The molecule has 1 fully saturated rings. The minimum Gasteiger partial charge on any atom is -0.379 e. The van der Waals surface area contributed by atoms with Crippen LogP contribution < -0.4 is 5.32 Å². The molecule has 6 nitrogen and oxygen atoms in total. The molecule has 1 aliphatic rings. The summed E-state index contributed by atoms with van der Waals surface area (Å²) in [5.74, 6) is -0.239. The predicted molar refractivity (Wildman–Crippen MR) is 79.8 cm³/mol. The van der Waals surface area contributed by atoms with E-state index in [0.717, 1.165) is 38.4 Å². The van der Waals surface area contributed by atoms with Crippen LogP contribution in [0, 0.1) is 0 Å². The van der Waals surface area contributed by atoms with E-state index in [0.29, 0.717) is 11.6 Å². The first-order valence-electron chi connectivity index (χ1n) is 6.97. The third-order valence-electron chi connectivity index (χ3n) is 3.51. The standard InChI is InChI=1S/C14H17ClN4O2/c15-12-11-3-1-2-5-19(11)17-13(12)14(20)16-4-6-18-7-9-21-10-8-18/h1-3,5H,4,6-10H2,(H,16,20). The van der Waals surface area contributed by atoms with Gasteiger partial charge < -0.3 is 10.1 Å². The maximum Gasteiger partial charge on any atom is 0.273 e. The van der Waals surface area contributed by atoms with E-state index in [4.69, 9.17) is 16.3 Å². The number of pyridine rings is 1.